The number of hydrogen-bond acceptors (Lipinski definition) is 5. The maximum absolute atomic E-state index is 11.2. The minimum Gasteiger partial charge on any atom is -0.469 e. The molecule has 0 aliphatic heterocycles. The number of para-hydroxylation sites is 1. The Kier molecular flexibility index (Phi) is 4.95. The van der Waals surface area contributed by atoms with Crippen molar-refractivity contribution in [3.05, 3.63) is 35.8 Å². The SMILES string of the molecule is COC(=O)C[C@@H](C)SCc1nc(C)c2ccccc2n1. The highest BCUT2D eigenvalue weighted by molar-refractivity contribution is 7.99. The smallest absolute Gasteiger partial charge is 0.306 e. The number of thioether (sulfide) groups is 1. The van der Waals surface area contributed by atoms with Gasteiger partial charge < -0.3 is 4.74 Å². The quantitative estimate of drug-likeness (QED) is 0.792. The van der Waals surface area contributed by atoms with E-state index in [4.69, 9.17) is 0 Å². The van der Waals surface area contributed by atoms with Gasteiger partial charge in [0.1, 0.15) is 5.82 Å². The van der Waals surface area contributed by atoms with Crippen molar-refractivity contribution in [2.45, 2.75) is 31.3 Å². The van der Waals surface area contributed by atoms with Gasteiger partial charge in [-0.2, -0.15) is 11.8 Å². The van der Waals surface area contributed by atoms with Crippen LogP contribution in [-0.2, 0) is 15.3 Å². The number of nitrogens with zero attached hydrogens (tertiary/aromatic N) is 2. The number of aromatic nitrogens is 2. The van der Waals surface area contributed by atoms with E-state index in [1.54, 1.807) is 11.8 Å². The van der Waals surface area contributed by atoms with E-state index in [2.05, 4.69) is 14.7 Å². The zero-order chi connectivity index (χ0) is 14.5. The molecule has 0 saturated carbocycles. The van der Waals surface area contributed by atoms with Crippen LogP contribution in [0.15, 0.2) is 24.3 Å². The molecule has 2 rings (SSSR count). The normalized spacial score (nSPS) is 12.3. The lowest BCUT2D eigenvalue weighted by Crippen LogP contribution is -2.09. The standard InChI is InChI=1S/C15H18N2O2S/c1-10(8-15(18)19-3)20-9-14-16-11(2)12-6-4-5-7-13(12)17-14/h4-7,10H,8-9H2,1-3H3/t10-/m1/s1. The van der Waals surface area contributed by atoms with Crippen molar-refractivity contribution in [1.82, 2.24) is 9.97 Å². The van der Waals surface area contributed by atoms with E-state index in [1.165, 1.54) is 7.11 Å². The first-order chi connectivity index (χ1) is 9.60. The minimum absolute atomic E-state index is 0.180. The number of methoxy groups -OCH3 is 1. The lowest BCUT2D eigenvalue weighted by Gasteiger charge is -2.10. The van der Waals surface area contributed by atoms with Gasteiger partial charge >= 0.3 is 5.97 Å². The molecule has 0 spiro atoms. The van der Waals surface area contributed by atoms with Crippen LogP contribution in [0.25, 0.3) is 10.9 Å². The van der Waals surface area contributed by atoms with Gasteiger partial charge in [-0.05, 0) is 13.0 Å². The van der Waals surface area contributed by atoms with Crippen molar-refractivity contribution >= 4 is 28.6 Å². The number of ether oxygens (including phenoxy) is 1. The number of aryl methyl sites for hydroxylation is 1. The van der Waals surface area contributed by atoms with Crippen LogP contribution in [0.4, 0.5) is 0 Å². The van der Waals surface area contributed by atoms with Gasteiger partial charge in [0.15, 0.2) is 0 Å². The topological polar surface area (TPSA) is 52.1 Å². The summed E-state index contributed by atoms with van der Waals surface area (Å²) < 4.78 is 4.67. The predicted octanol–water partition coefficient (Wildman–Crippen LogP) is 3.12. The largest absolute Gasteiger partial charge is 0.469 e. The summed E-state index contributed by atoms with van der Waals surface area (Å²) in [7, 11) is 1.41. The molecule has 1 aromatic carbocycles. The van der Waals surface area contributed by atoms with Crippen LogP contribution >= 0.6 is 11.8 Å². The van der Waals surface area contributed by atoms with Gasteiger partial charge in [-0.25, -0.2) is 9.97 Å². The van der Waals surface area contributed by atoms with Crippen LogP contribution in [0.3, 0.4) is 0 Å². The Bertz CT molecular complexity index is 616. The molecule has 0 unspecified atom stereocenters. The van der Waals surface area contributed by atoms with Gasteiger partial charge in [-0.1, -0.05) is 25.1 Å². The Morgan fingerprint density at radius 1 is 1.35 bits per heavy atom. The summed E-state index contributed by atoms with van der Waals surface area (Å²) in [5.74, 6) is 1.33. The first-order valence-electron chi connectivity index (χ1n) is 6.51. The first-order valence-corrected chi connectivity index (χ1v) is 7.55. The number of esters is 1. The molecule has 1 atom stereocenters. The summed E-state index contributed by atoms with van der Waals surface area (Å²) in [4.78, 5) is 20.3. The summed E-state index contributed by atoms with van der Waals surface area (Å²) >= 11 is 1.66. The third-order valence-electron chi connectivity index (χ3n) is 3.02. The maximum atomic E-state index is 11.2. The molecule has 2 aromatic rings. The fourth-order valence-electron chi connectivity index (χ4n) is 1.95. The summed E-state index contributed by atoms with van der Waals surface area (Å²) in [6, 6.07) is 7.99. The van der Waals surface area contributed by atoms with E-state index in [9.17, 15) is 4.79 Å². The number of rotatable bonds is 5. The molecular formula is C15H18N2O2S. The monoisotopic (exact) mass is 290 g/mol. The zero-order valence-electron chi connectivity index (χ0n) is 11.9. The summed E-state index contributed by atoms with van der Waals surface area (Å²) in [5, 5.41) is 1.28. The minimum atomic E-state index is -0.180. The summed E-state index contributed by atoms with van der Waals surface area (Å²) in [6.07, 6.45) is 0.410. The van der Waals surface area contributed by atoms with Crippen LogP contribution < -0.4 is 0 Å². The highest BCUT2D eigenvalue weighted by Crippen LogP contribution is 2.21. The van der Waals surface area contributed by atoms with Gasteiger partial charge in [0.25, 0.3) is 0 Å². The molecular weight excluding hydrogens is 272 g/mol. The Labute approximate surface area is 123 Å². The van der Waals surface area contributed by atoms with Crippen LogP contribution in [-0.4, -0.2) is 28.3 Å². The van der Waals surface area contributed by atoms with Gasteiger partial charge in [-0.3, -0.25) is 4.79 Å². The first kappa shape index (κ1) is 14.8. The van der Waals surface area contributed by atoms with Crippen molar-refractivity contribution < 1.29 is 9.53 Å². The van der Waals surface area contributed by atoms with Crippen molar-refractivity contribution in [3.8, 4) is 0 Å². The molecule has 1 aromatic heterocycles. The van der Waals surface area contributed by atoms with E-state index < -0.39 is 0 Å². The van der Waals surface area contributed by atoms with Crippen molar-refractivity contribution in [3.63, 3.8) is 0 Å². The molecule has 0 aliphatic rings. The second-order valence-corrected chi connectivity index (χ2v) is 6.07. The number of hydrogen-bond donors (Lipinski definition) is 0. The van der Waals surface area contributed by atoms with E-state index in [0.29, 0.717) is 12.2 Å². The average Bonchev–Trinajstić information content (AvgIpc) is 2.45. The van der Waals surface area contributed by atoms with Crippen LogP contribution in [0, 0.1) is 6.92 Å². The fraction of sp³-hybridized carbons (Fsp3) is 0.400. The zero-order valence-corrected chi connectivity index (χ0v) is 12.7. The Morgan fingerprint density at radius 3 is 2.85 bits per heavy atom. The van der Waals surface area contributed by atoms with E-state index >= 15 is 0 Å². The molecule has 1 heterocycles. The number of benzene rings is 1. The molecule has 0 radical (unpaired) electrons. The molecule has 0 saturated heterocycles. The Morgan fingerprint density at radius 2 is 2.10 bits per heavy atom. The third-order valence-corrected chi connectivity index (χ3v) is 4.18. The van der Waals surface area contributed by atoms with Gasteiger partial charge in [0.05, 0.1) is 24.8 Å². The van der Waals surface area contributed by atoms with Crippen molar-refractivity contribution in [1.29, 1.82) is 0 Å². The van der Waals surface area contributed by atoms with E-state index in [1.807, 2.05) is 38.1 Å². The highest BCUT2D eigenvalue weighted by Gasteiger charge is 2.11. The Balaban J connectivity index is 2.05. The second kappa shape index (κ2) is 6.70. The van der Waals surface area contributed by atoms with Gasteiger partial charge in [-0.15, -0.1) is 0 Å². The predicted molar refractivity (Wildman–Crippen MR) is 81.7 cm³/mol. The average molecular weight is 290 g/mol. The highest BCUT2D eigenvalue weighted by atomic mass is 32.2. The maximum Gasteiger partial charge on any atom is 0.306 e. The molecule has 106 valence electrons. The molecule has 0 N–H and O–H groups in total. The van der Waals surface area contributed by atoms with E-state index in [0.717, 1.165) is 22.4 Å². The summed E-state index contributed by atoms with van der Waals surface area (Å²) in [5.41, 5.74) is 1.96. The number of carbonyl (C=O) groups excluding carboxylic acids is 1. The fourth-order valence-corrected chi connectivity index (χ4v) is 2.77. The van der Waals surface area contributed by atoms with Crippen molar-refractivity contribution in [2.24, 2.45) is 0 Å². The summed E-state index contributed by atoms with van der Waals surface area (Å²) in [6.45, 7) is 4.01. The molecule has 20 heavy (non-hydrogen) atoms. The third kappa shape index (κ3) is 3.70. The molecule has 4 nitrogen and oxygen atoms in total. The molecule has 0 fully saturated rings. The lowest BCUT2D eigenvalue weighted by atomic mass is 10.2. The Hall–Kier alpha value is -1.62. The molecule has 0 bridgehead atoms. The van der Waals surface area contributed by atoms with Crippen molar-refractivity contribution in [2.75, 3.05) is 7.11 Å². The second-order valence-electron chi connectivity index (χ2n) is 4.64. The van der Waals surface area contributed by atoms with Gasteiger partial charge in [0.2, 0.25) is 0 Å². The molecule has 5 heteroatoms. The van der Waals surface area contributed by atoms with Crippen LogP contribution in [0.1, 0.15) is 24.9 Å². The van der Waals surface area contributed by atoms with Crippen LogP contribution in [0.2, 0.25) is 0 Å². The molecule has 0 aliphatic carbocycles. The number of fused-ring (bicyclic) bond motifs is 1. The molecule has 0 amide bonds. The lowest BCUT2D eigenvalue weighted by molar-refractivity contribution is -0.140. The van der Waals surface area contributed by atoms with E-state index in [-0.39, 0.29) is 11.2 Å². The van der Waals surface area contributed by atoms with Crippen LogP contribution in [0.5, 0.6) is 0 Å². The number of carbonyl (C=O) groups is 1. The van der Waals surface area contributed by atoms with Gasteiger partial charge in [0, 0.05) is 16.3 Å².